The molecule has 2 N–H and O–H groups in total. The molecule has 110 valence electrons. The van der Waals surface area contributed by atoms with Crippen molar-refractivity contribution in [2.24, 2.45) is 0 Å². The van der Waals surface area contributed by atoms with Gasteiger partial charge in [-0.05, 0) is 24.3 Å². The molecule has 0 unspecified atom stereocenters. The van der Waals surface area contributed by atoms with Crippen molar-refractivity contribution in [2.75, 3.05) is 0 Å². The van der Waals surface area contributed by atoms with Crippen LogP contribution in [-0.4, -0.2) is 17.8 Å². The quantitative estimate of drug-likeness (QED) is 0.587. The Balaban J connectivity index is 2.15. The highest BCUT2D eigenvalue weighted by atomic mass is 79.9. The van der Waals surface area contributed by atoms with Crippen LogP contribution in [0.2, 0.25) is 0 Å². The third kappa shape index (κ3) is 2.44. The molecule has 1 aromatic carbocycles. The van der Waals surface area contributed by atoms with E-state index < -0.39 is 23.3 Å². The Hall–Kier alpha value is -2.74. The second-order valence-electron chi connectivity index (χ2n) is 4.46. The molecular formula is C14H7BrN2O5. The standard InChI is InChI=1S/C14H7BrN2O5/c15-7-1-2-10-8(4-7)11(18)6(5-22-10)3-9-12(19)16-14(21)17-13(9)20/h1-5H,(H2,16,17,19,20,21). The summed E-state index contributed by atoms with van der Waals surface area (Å²) in [5.74, 6) is -1.75. The Morgan fingerprint density at radius 3 is 2.41 bits per heavy atom. The van der Waals surface area contributed by atoms with Crippen LogP contribution in [-0.2, 0) is 9.59 Å². The lowest BCUT2D eigenvalue weighted by atomic mass is 10.1. The maximum atomic E-state index is 12.4. The van der Waals surface area contributed by atoms with E-state index in [1.165, 1.54) is 0 Å². The van der Waals surface area contributed by atoms with Crippen LogP contribution in [0.1, 0.15) is 5.56 Å². The highest BCUT2D eigenvalue weighted by Gasteiger charge is 2.28. The molecule has 0 radical (unpaired) electrons. The van der Waals surface area contributed by atoms with Gasteiger partial charge in [-0.15, -0.1) is 0 Å². The number of carbonyl (C=O) groups is 3. The number of fused-ring (bicyclic) bond motifs is 1. The predicted molar refractivity (Wildman–Crippen MR) is 79.8 cm³/mol. The van der Waals surface area contributed by atoms with Crippen LogP contribution in [0, 0.1) is 0 Å². The summed E-state index contributed by atoms with van der Waals surface area (Å²) in [5, 5.41) is 4.16. The molecule has 1 aliphatic heterocycles. The number of urea groups is 1. The molecule has 0 saturated carbocycles. The van der Waals surface area contributed by atoms with Gasteiger partial charge in [0.25, 0.3) is 11.8 Å². The van der Waals surface area contributed by atoms with Crippen LogP contribution in [0.5, 0.6) is 0 Å². The molecular weight excluding hydrogens is 356 g/mol. The lowest BCUT2D eigenvalue weighted by Crippen LogP contribution is -2.51. The first kappa shape index (κ1) is 14.2. The maximum absolute atomic E-state index is 12.4. The molecule has 1 fully saturated rings. The fourth-order valence-corrected chi connectivity index (χ4v) is 2.34. The lowest BCUT2D eigenvalue weighted by Gasteiger charge is -2.13. The van der Waals surface area contributed by atoms with Crippen molar-refractivity contribution >= 4 is 50.8 Å². The molecule has 2 heterocycles. The van der Waals surface area contributed by atoms with Crippen LogP contribution < -0.4 is 16.1 Å². The first-order chi connectivity index (χ1) is 10.5. The number of imide groups is 2. The summed E-state index contributed by atoms with van der Waals surface area (Å²) in [6.45, 7) is 0. The van der Waals surface area contributed by atoms with Crippen LogP contribution in [0.25, 0.3) is 17.0 Å². The molecule has 0 aliphatic carbocycles. The van der Waals surface area contributed by atoms with Gasteiger partial charge < -0.3 is 4.42 Å². The minimum atomic E-state index is -0.901. The van der Waals surface area contributed by atoms with Crippen LogP contribution >= 0.6 is 15.9 Å². The van der Waals surface area contributed by atoms with Crippen LogP contribution in [0.3, 0.4) is 0 Å². The van der Waals surface area contributed by atoms with E-state index in [1.54, 1.807) is 18.2 Å². The van der Waals surface area contributed by atoms with Crippen molar-refractivity contribution in [1.82, 2.24) is 10.6 Å². The summed E-state index contributed by atoms with van der Waals surface area (Å²) in [6, 6.07) is 4.02. The fourth-order valence-electron chi connectivity index (χ4n) is 1.98. The molecule has 1 aromatic heterocycles. The van der Waals surface area contributed by atoms with E-state index >= 15 is 0 Å². The molecule has 1 saturated heterocycles. The average Bonchev–Trinajstić information content (AvgIpc) is 2.45. The van der Waals surface area contributed by atoms with Crippen molar-refractivity contribution in [3.8, 4) is 0 Å². The Bertz CT molecular complexity index is 906. The van der Waals surface area contributed by atoms with Crippen molar-refractivity contribution < 1.29 is 18.8 Å². The summed E-state index contributed by atoms with van der Waals surface area (Å²) in [5.41, 5.74) is -0.336. The third-order valence-electron chi connectivity index (χ3n) is 3.00. The summed E-state index contributed by atoms with van der Waals surface area (Å²) in [6.07, 6.45) is 2.24. The van der Waals surface area contributed by atoms with Gasteiger partial charge in [0, 0.05) is 4.47 Å². The lowest BCUT2D eigenvalue weighted by molar-refractivity contribution is -0.123. The number of hydrogen-bond donors (Lipinski definition) is 2. The van der Waals surface area contributed by atoms with E-state index in [1.807, 2.05) is 10.6 Å². The second-order valence-corrected chi connectivity index (χ2v) is 5.37. The summed E-state index contributed by atoms with van der Waals surface area (Å²) in [7, 11) is 0. The van der Waals surface area contributed by atoms with E-state index in [0.29, 0.717) is 15.4 Å². The number of carbonyl (C=O) groups excluding carboxylic acids is 3. The van der Waals surface area contributed by atoms with Gasteiger partial charge in [-0.1, -0.05) is 15.9 Å². The smallest absolute Gasteiger partial charge is 0.328 e. The largest absolute Gasteiger partial charge is 0.463 e. The zero-order valence-electron chi connectivity index (χ0n) is 10.8. The average molecular weight is 363 g/mol. The van der Waals surface area contributed by atoms with Crippen molar-refractivity contribution in [3.63, 3.8) is 0 Å². The number of nitrogens with one attached hydrogen (secondary N) is 2. The van der Waals surface area contributed by atoms with Gasteiger partial charge in [0.1, 0.15) is 17.4 Å². The molecule has 7 nitrogen and oxygen atoms in total. The number of barbiturate groups is 1. The fraction of sp³-hybridized carbons (Fsp3) is 0. The van der Waals surface area contributed by atoms with E-state index in [-0.39, 0.29) is 11.1 Å². The second kappa shape index (κ2) is 5.23. The topological polar surface area (TPSA) is 105 Å². The number of halogens is 1. The molecule has 22 heavy (non-hydrogen) atoms. The Morgan fingerprint density at radius 2 is 1.73 bits per heavy atom. The van der Waals surface area contributed by atoms with Gasteiger partial charge in [0.15, 0.2) is 5.43 Å². The van der Waals surface area contributed by atoms with Gasteiger partial charge in [-0.3, -0.25) is 25.0 Å². The predicted octanol–water partition coefficient (Wildman–Crippen LogP) is 1.30. The van der Waals surface area contributed by atoms with Gasteiger partial charge in [-0.2, -0.15) is 0 Å². The Kier molecular flexibility index (Phi) is 3.38. The van der Waals surface area contributed by atoms with Crippen molar-refractivity contribution in [3.05, 3.63) is 50.3 Å². The first-order valence-corrected chi connectivity index (χ1v) is 6.84. The molecule has 4 amide bonds. The zero-order valence-corrected chi connectivity index (χ0v) is 12.4. The minimum Gasteiger partial charge on any atom is -0.463 e. The van der Waals surface area contributed by atoms with Gasteiger partial charge in [-0.25, -0.2) is 4.79 Å². The molecule has 8 heteroatoms. The molecule has 2 aromatic rings. The van der Waals surface area contributed by atoms with E-state index in [9.17, 15) is 19.2 Å². The van der Waals surface area contributed by atoms with E-state index in [0.717, 1.165) is 12.3 Å². The molecule has 0 bridgehead atoms. The van der Waals surface area contributed by atoms with Gasteiger partial charge in [0.05, 0.1) is 10.9 Å². The summed E-state index contributed by atoms with van der Waals surface area (Å²) < 4.78 is 6.01. The molecule has 3 rings (SSSR count). The molecule has 0 atom stereocenters. The van der Waals surface area contributed by atoms with E-state index in [2.05, 4.69) is 15.9 Å². The monoisotopic (exact) mass is 362 g/mol. The zero-order chi connectivity index (χ0) is 15.9. The van der Waals surface area contributed by atoms with Crippen LogP contribution in [0.4, 0.5) is 4.79 Å². The van der Waals surface area contributed by atoms with E-state index in [4.69, 9.17) is 4.42 Å². The first-order valence-electron chi connectivity index (χ1n) is 6.05. The van der Waals surface area contributed by atoms with Gasteiger partial charge in [0.2, 0.25) is 0 Å². The SMILES string of the molecule is O=C1NC(=O)C(=Cc2coc3ccc(Br)cc3c2=O)C(=O)N1. The minimum absolute atomic E-state index is 0.0280. The Morgan fingerprint density at radius 1 is 1.05 bits per heavy atom. The number of rotatable bonds is 1. The number of hydrogen-bond acceptors (Lipinski definition) is 5. The number of benzene rings is 1. The summed E-state index contributed by atoms with van der Waals surface area (Å²) in [4.78, 5) is 46.7. The highest BCUT2D eigenvalue weighted by molar-refractivity contribution is 9.10. The maximum Gasteiger partial charge on any atom is 0.328 e. The highest BCUT2D eigenvalue weighted by Crippen LogP contribution is 2.18. The van der Waals surface area contributed by atoms with Crippen molar-refractivity contribution in [2.45, 2.75) is 0 Å². The van der Waals surface area contributed by atoms with Gasteiger partial charge >= 0.3 is 6.03 Å². The van der Waals surface area contributed by atoms with Crippen LogP contribution in [0.15, 0.2) is 43.7 Å². The molecule has 0 spiro atoms. The Labute approximate surface area is 131 Å². The van der Waals surface area contributed by atoms with Crippen molar-refractivity contribution in [1.29, 1.82) is 0 Å². The molecule has 1 aliphatic rings. The number of amides is 4. The third-order valence-corrected chi connectivity index (χ3v) is 3.50. The summed E-state index contributed by atoms with van der Waals surface area (Å²) >= 11 is 3.25. The normalized spacial score (nSPS) is 14.8.